The van der Waals surface area contributed by atoms with Crippen molar-refractivity contribution in [3.05, 3.63) is 29.3 Å². The van der Waals surface area contributed by atoms with Crippen molar-refractivity contribution >= 4 is 15.8 Å². The van der Waals surface area contributed by atoms with Crippen molar-refractivity contribution in [1.82, 2.24) is 0 Å². The highest BCUT2D eigenvalue weighted by Crippen LogP contribution is 2.41. The van der Waals surface area contributed by atoms with E-state index in [2.05, 4.69) is 0 Å². The van der Waals surface area contributed by atoms with Crippen molar-refractivity contribution in [3.8, 4) is 0 Å². The van der Waals surface area contributed by atoms with Gasteiger partial charge in [-0.15, -0.1) is 0 Å². The summed E-state index contributed by atoms with van der Waals surface area (Å²) < 4.78 is 24.8. The maximum absolute atomic E-state index is 12.4. The zero-order valence-corrected chi connectivity index (χ0v) is 11.4. The summed E-state index contributed by atoms with van der Waals surface area (Å²) >= 11 is 0. The molecule has 0 saturated carbocycles. The van der Waals surface area contributed by atoms with Crippen LogP contribution in [0.15, 0.2) is 23.1 Å². The minimum absolute atomic E-state index is 0.281. The van der Waals surface area contributed by atoms with Crippen molar-refractivity contribution in [2.75, 3.05) is 0 Å². The number of aliphatic carboxylic acids is 1. The third-order valence-electron chi connectivity index (χ3n) is 3.79. The van der Waals surface area contributed by atoms with Crippen LogP contribution in [-0.2, 0) is 21.1 Å². The van der Waals surface area contributed by atoms with E-state index in [9.17, 15) is 18.3 Å². The lowest BCUT2D eigenvalue weighted by Crippen LogP contribution is -2.41. The molecule has 18 heavy (non-hydrogen) atoms. The van der Waals surface area contributed by atoms with Crippen molar-refractivity contribution in [2.45, 2.75) is 37.3 Å². The number of carboxylic acid groups (broad SMARTS) is 1. The lowest BCUT2D eigenvalue weighted by atomic mass is 9.85. The van der Waals surface area contributed by atoms with Gasteiger partial charge in [0.15, 0.2) is 9.84 Å². The standard InChI is InChI=1S/C13H16O4S/c1-8-5-4-6-10-9(8)7-11(18(10,16)17)13(2,3)12(14)15/h4-6,11H,7H2,1-3H3,(H,14,15). The lowest BCUT2D eigenvalue weighted by molar-refractivity contribution is -0.146. The fourth-order valence-corrected chi connectivity index (χ4v) is 4.86. The van der Waals surface area contributed by atoms with Gasteiger partial charge in [-0.2, -0.15) is 0 Å². The molecular weight excluding hydrogens is 252 g/mol. The Hall–Kier alpha value is -1.36. The second kappa shape index (κ2) is 3.82. The molecule has 0 saturated heterocycles. The summed E-state index contributed by atoms with van der Waals surface area (Å²) in [7, 11) is -3.55. The average molecular weight is 268 g/mol. The zero-order chi connectivity index (χ0) is 13.7. The molecule has 1 atom stereocenters. The van der Waals surface area contributed by atoms with Gasteiger partial charge in [0.25, 0.3) is 0 Å². The Balaban J connectivity index is 2.61. The second-order valence-electron chi connectivity index (χ2n) is 5.32. The Kier molecular flexibility index (Phi) is 2.77. The first-order valence-electron chi connectivity index (χ1n) is 5.75. The smallest absolute Gasteiger partial charge is 0.310 e. The molecule has 1 aliphatic heterocycles. The molecule has 1 N–H and O–H groups in total. The van der Waals surface area contributed by atoms with Crippen LogP contribution in [0.2, 0.25) is 0 Å². The lowest BCUT2D eigenvalue weighted by Gasteiger charge is -2.25. The maximum atomic E-state index is 12.4. The molecule has 98 valence electrons. The minimum atomic E-state index is -3.55. The Bertz CT molecular complexity index is 614. The molecule has 0 aromatic heterocycles. The van der Waals surface area contributed by atoms with Gasteiger partial charge in [-0.25, -0.2) is 8.42 Å². The molecule has 0 bridgehead atoms. The van der Waals surface area contributed by atoms with Crippen LogP contribution in [0.1, 0.15) is 25.0 Å². The fraction of sp³-hybridized carbons (Fsp3) is 0.462. The maximum Gasteiger partial charge on any atom is 0.310 e. The van der Waals surface area contributed by atoms with Gasteiger partial charge in [-0.1, -0.05) is 12.1 Å². The molecule has 0 spiro atoms. The summed E-state index contributed by atoms with van der Waals surface area (Å²) in [5.74, 6) is -1.08. The Morgan fingerprint density at radius 2 is 2.00 bits per heavy atom. The van der Waals surface area contributed by atoms with Gasteiger partial charge >= 0.3 is 5.97 Å². The summed E-state index contributed by atoms with van der Waals surface area (Å²) in [6.07, 6.45) is 0.281. The number of fused-ring (bicyclic) bond motifs is 1. The first-order chi connectivity index (χ1) is 8.19. The summed E-state index contributed by atoms with van der Waals surface area (Å²) in [5.41, 5.74) is 0.376. The highest BCUT2D eigenvalue weighted by Gasteiger charge is 2.50. The predicted octanol–water partition coefficient (Wildman–Crippen LogP) is 1.80. The van der Waals surface area contributed by atoms with E-state index in [4.69, 9.17) is 0 Å². The van der Waals surface area contributed by atoms with E-state index in [1.54, 1.807) is 12.1 Å². The third kappa shape index (κ3) is 1.65. The highest BCUT2D eigenvalue weighted by molar-refractivity contribution is 7.92. The van der Waals surface area contributed by atoms with E-state index in [-0.39, 0.29) is 6.42 Å². The van der Waals surface area contributed by atoms with Crippen LogP contribution < -0.4 is 0 Å². The van der Waals surface area contributed by atoms with Crippen LogP contribution in [-0.4, -0.2) is 24.7 Å². The van der Waals surface area contributed by atoms with Gasteiger partial charge in [-0.3, -0.25) is 4.79 Å². The quantitative estimate of drug-likeness (QED) is 0.888. The van der Waals surface area contributed by atoms with Gasteiger partial charge < -0.3 is 5.11 Å². The van der Waals surface area contributed by atoms with Gasteiger partial charge in [0.2, 0.25) is 0 Å². The number of carbonyl (C=O) groups is 1. The van der Waals surface area contributed by atoms with Crippen LogP contribution >= 0.6 is 0 Å². The average Bonchev–Trinajstić information content (AvgIpc) is 2.53. The van der Waals surface area contributed by atoms with Crippen LogP contribution in [0.3, 0.4) is 0 Å². The largest absolute Gasteiger partial charge is 0.481 e. The van der Waals surface area contributed by atoms with Gasteiger partial charge in [-0.05, 0) is 44.4 Å². The predicted molar refractivity (Wildman–Crippen MR) is 67.3 cm³/mol. The zero-order valence-electron chi connectivity index (χ0n) is 10.6. The number of hydrogen-bond donors (Lipinski definition) is 1. The molecule has 5 heteroatoms. The number of carboxylic acids is 1. The molecule has 0 aliphatic carbocycles. The number of rotatable bonds is 2. The van der Waals surface area contributed by atoms with Gasteiger partial charge in [0.1, 0.15) is 0 Å². The van der Waals surface area contributed by atoms with Gasteiger partial charge in [0.05, 0.1) is 15.6 Å². The van der Waals surface area contributed by atoms with Crippen molar-refractivity contribution in [1.29, 1.82) is 0 Å². The molecule has 0 radical (unpaired) electrons. The van der Waals surface area contributed by atoms with Crippen molar-refractivity contribution in [2.24, 2.45) is 5.41 Å². The number of aryl methyl sites for hydroxylation is 1. The first kappa shape index (κ1) is 13.1. The summed E-state index contributed by atoms with van der Waals surface area (Å²) in [6, 6.07) is 5.11. The Morgan fingerprint density at radius 3 is 2.50 bits per heavy atom. The molecule has 0 amide bonds. The molecule has 1 heterocycles. The second-order valence-corrected chi connectivity index (χ2v) is 7.42. The minimum Gasteiger partial charge on any atom is -0.481 e. The summed E-state index contributed by atoms with van der Waals surface area (Å²) in [4.78, 5) is 11.6. The number of sulfone groups is 1. The summed E-state index contributed by atoms with van der Waals surface area (Å²) in [5, 5.41) is 8.33. The fourth-order valence-electron chi connectivity index (χ4n) is 2.43. The van der Waals surface area contributed by atoms with Crippen LogP contribution in [0, 0.1) is 12.3 Å². The monoisotopic (exact) mass is 268 g/mol. The van der Waals surface area contributed by atoms with E-state index >= 15 is 0 Å². The number of hydrogen-bond acceptors (Lipinski definition) is 3. The molecule has 1 aliphatic rings. The van der Waals surface area contributed by atoms with Crippen LogP contribution in [0.4, 0.5) is 0 Å². The van der Waals surface area contributed by atoms with E-state index in [0.717, 1.165) is 11.1 Å². The normalized spacial score (nSPS) is 21.6. The SMILES string of the molecule is Cc1cccc2c1CC(C(C)(C)C(=O)O)S2(=O)=O. The van der Waals surface area contributed by atoms with E-state index in [0.29, 0.717) is 4.90 Å². The molecular formula is C13H16O4S. The molecule has 0 fully saturated rings. The van der Waals surface area contributed by atoms with Crippen molar-refractivity contribution in [3.63, 3.8) is 0 Å². The van der Waals surface area contributed by atoms with Crippen LogP contribution in [0.25, 0.3) is 0 Å². The Labute approximate surface area is 107 Å². The van der Waals surface area contributed by atoms with Gasteiger partial charge in [0, 0.05) is 0 Å². The highest BCUT2D eigenvalue weighted by atomic mass is 32.2. The number of benzene rings is 1. The third-order valence-corrected chi connectivity index (χ3v) is 6.29. The molecule has 1 aromatic carbocycles. The summed E-state index contributed by atoms with van der Waals surface area (Å²) in [6.45, 7) is 4.79. The molecule has 1 unspecified atom stereocenters. The van der Waals surface area contributed by atoms with E-state index in [1.807, 2.05) is 13.0 Å². The molecule has 1 aromatic rings. The first-order valence-corrected chi connectivity index (χ1v) is 7.29. The molecule has 2 rings (SSSR count). The molecule has 4 nitrogen and oxygen atoms in total. The van der Waals surface area contributed by atoms with Crippen LogP contribution in [0.5, 0.6) is 0 Å². The van der Waals surface area contributed by atoms with Crippen molar-refractivity contribution < 1.29 is 18.3 Å². The van der Waals surface area contributed by atoms with E-state index in [1.165, 1.54) is 13.8 Å². The topological polar surface area (TPSA) is 71.4 Å². The Morgan fingerprint density at radius 1 is 1.39 bits per heavy atom. The van der Waals surface area contributed by atoms with E-state index < -0.39 is 26.5 Å².